The van der Waals surface area contributed by atoms with Crippen LogP contribution in [0.4, 0.5) is 0 Å². The quantitative estimate of drug-likeness (QED) is 0.505. The van der Waals surface area contributed by atoms with Gasteiger partial charge in [0.15, 0.2) is 0 Å². The molecule has 96 valence electrons. The Labute approximate surface area is 126 Å². The lowest BCUT2D eigenvalue weighted by atomic mass is 10.0. The van der Waals surface area contributed by atoms with E-state index in [1.807, 2.05) is 11.3 Å². The van der Waals surface area contributed by atoms with E-state index in [0.717, 1.165) is 0 Å². The van der Waals surface area contributed by atoms with Crippen LogP contribution in [-0.4, -0.2) is 0 Å². The second kappa shape index (κ2) is 5.10. The Kier molecular flexibility index (Phi) is 3.46. The normalized spacial score (nSPS) is 12.8. The number of alkyl halides is 1. The second-order valence-electron chi connectivity index (χ2n) is 4.89. The molecule has 0 amide bonds. The SMILES string of the molecule is Cc1ccc(C(Br)c2cc3ccccc3s2)cc1C. The van der Waals surface area contributed by atoms with Gasteiger partial charge in [-0.2, -0.15) is 0 Å². The van der Waals surface area contributed by atoms with E-state index < -0.39 is 0 Å². The molecule has 0 saturated carbocycles. The van der Waals surface area contributed by atoms with E-state index in [-0.39, 0.29) is 4.83 Å². The summed E-state index contributed by atoms with van der Waals surface area (Å²) in [6, 6.07) is 17.5. The Hall–Kier alpha value is -1.12. The molecule has 1 atom stereocenters. The first-order valence-corrected chi connectivity index (χ1v) is 8.08. The minimum absolute atomic E-state index is 0.282. The Morgan fingerprint density at radius 2 is 1.74 bits per heavy atom. The number of hydrogen-bond donors (Lipinski definition) is 0. The third-order valence-corrected chi connectivity index (χ3v) is 6.02. The highest BCUT2D eigenvalue weighted by Gasteiger charge is 2.14. The minimum atomic E-state index is 0.282. The van der Waals surface area contributed by atoms with E-state index in [9.17, 15) is 0 Å². The highest BCUT2D eigenvalue weighted by atomic mass is 79.9. The van der Waals surface area contributed by atoms with Gasteiger partial charge in [-0.15, -0.1) is 11.3 Å². The lowest BCUT2D eigenvalue weighted by molar-refractivity contribution is 1.19. The van der Waals surface area contributed by atoms with Crippen molar-refractivity contribution in [1.82, 2.24) is 0 Å². The number of halogens is 1. The fourth-order valence-corrected chi connectivity index (χ4v) is 3.98. The first-order valence-electron chi connectivity index (χ1n) is 6.35. The Morgan fingerprint density at radius 3 is 2.47 bits per heavy atom. The molecule has 1 aromatic heterocycles. The van der Waals surface area contributed by atoms with Crippen molar-refractivity contribution in [3.05, 3.63) is 70.1 Å². The Balaban J connectivity index is 2.02. The summed E-state index contributed by atoms with van der Waals surface area (Å²) in [6.45, 7) is 4.32. The first kappa shape index (κ1) is 12.9. The van der Waals surface area contributed by atoms with Crippen LogP contribution in [0.1, 0.15) is 26.4 Å². The van der Waals surface area contributed by atoms with E-state index in [2.05, 4.69) is 78.3 Å². The third kappa shape index (κ3) is 2.47. The summed E-state index contributed by atoms with van der Waals surface area (Å²) in [5.41, 5.74) is 4.03. The molecule has 0 saturated heterocycles. The molecule has 0 nitrogen and oxygen atoms in total. The van der Waals surface area contributed by atoms with Crippen molar-refractivity contribution in [1.29, 1.82) is 0 Å². The van der Waals surface area contributed by atoms with E-state index in [1.165, 1.54) is 31.7 Å². The van der Waals surface area contributed by atoms with Crippen LogP contribution in [0, 0.1) is 13.8 Å². The van der Waals surface area contributed by atoms with Gasteiger partial charge in [-0.3, -0.25) is 0 Å². The summed E-state index contributed by atoms with van der Waals surface area (Å²) in [5.74, 6) is 0. The zero-order valence-electron chi connectivity index (χ0n) is 11.0. The van der Waals surface area contributed by atoms with Crippen molar-refractivity contribution in [3.8, 4) is 0 Å². The second-order valence-corrected chi connectivity index (χ2v) is 6.92. The summed E-state index contributed by atoms with van der Waals surface area (Å²) in [7, 11) is 0. The number of aryl methyl sites for hydroxylation is 2. The summed E-state index contributed by atoms with van der Waals surface area (Å²) in [4.78, 5) is 1.65. The van der Waals surface area contributed by atoms with Gasteiger partial charge in [-0.1, -0.05) is 52.3 Å². The number of rotatable bonds is 2. The highest BCUT2D eigenvalue weighted by Crippen LogP contribution is 2.38. The van der Waals surface area contributed by atoms with Gasteiger partial charge in [0.1, 0.15) is 0 Å². The van der Waals surface area contributed by atoms with Crippen molar-refractivity contribution in [2.75, 3.05) is 0 Å². The molecule has 1 heterocycles. The summed E-state index contributed by atoms with van der Waals surface area (Å²) in [6.07, 6.45) is 0. The monoisotopic (exact) mass is 330 g/mol. The topological polar surface area (TPSA) is 0 Å². The van der Waals surface area contributed by atoms with E-state index >= 15 is 0 Å². The van der Waals surface area contributed by atoms with Crippen molar-refractivity contribution < 1.29 is 0 Å². The van der Waals surface area contributed by atoms with E-state index in [1.54, 1.807) is 0 Å². The maximum Gasteiger partial charge on any atom is 0.0738 e. The summed E-state index contributed by atoms with van der Waals surface area (Å²) >= 11 is 5.70. The molecule has 0 radical (unpaired) electrons. The molecule has 2 heteroatoms. The third-order valence-electron chi connectivity index (χ3n) is 3.52. The minimum Gasteiger partial charge on any atom is -0.139 e. The Bertz CT molecular complexity index is 694. The molecule has 1 unspecified atom stereocenters. The van der Waals surface area contributed by atoms with Crippen molar-refractivity contribution in [3.63, 3.8) is 0 Å². The molecule has 3 rings (SSSR count). The fraction of sp³-hybridized carbons (Fsp3) is 0.176. The van der Waals surface area contributed by atoms with Crippen LogP contribution in [0.25, 0.3) is 10.1 Å². The Morgan fingerprint density at radius 1 is 0.947 bits per heavy atom. The van der Waals surface area contributed by atoms with Crippen molar-refractivity contribution in [2.24, 2.45) is 0 Å². The van der Waals surface area contributed by atoms with Gasteiger partial charge in [0.25, 0.3) is 0 Å². The van der Waals surface area contributed by atoms with Crippen LogP contribution in [0.2, 0.25) is 0 Å². The average molecular weight is 331 g/mol. The van der Waals surface area contributed by atoms with Crippen LogP contribution < -0.4 is 0 Å². The van der Waals surface area contributed by atoms with Crippen LogP contribution in [0.15, 0.2) is 48.5 Å². The molecular formula is C17H15BrS. The zero-order valence-corrected chi connectivity index (χ0v) is 13.4. The predicted octanol–water partition coefficient (Wildman–Crippen LogP) is 6.00. The van der Waals surface area contributed by atoms with Crippen molar-refractivity contribution in [2.45, 2.75) is 18.7 Å². The maximum absolute atomic E-state index is 3.84. The molecule has 0 aliphatic carbocycles. The fourth-order valence-electron chi connectivity index (χ4n) is 2.21. The van der Waals surface area contributed by atoms with Gasteiger partial charge >= 0.3 is 0 Å². The van der Waals surface area contributed by atoms with Gasteiger partial charge in [0, 0.05) is 9.58 Å². The van der Waals surface area contributed by atoms with Crippen molar-refractivity contribution >= 4 is 37.4 Å². The molecule has 0 spiro atoms. The molecule has 3 aromatic rings. The largest absolute Gasteiger partial charge is 0.139 e. The van der Waals surface area contributed by atoms with Gasteiger partial charge in [0.05, 0.1) is 4.83 Å². The van der Waals surface area contributed by atoms with Gasteiger partial charge in [-0.25, -0.2) is 0 Å². The molecular weight excluding hydrogens is 316 g/mol. The standard InChI is InChI=1S/C17H15BrS/c1-11-7-8-14(9-12(11)2)17(18)16-10-13-5-3-4-6-15(13)19-16/h3-10,17H,1-2H3. The lowest BCUT2D eigenvalue weighted by Crippen LogP contribution is -1.91. The molecule has 0 aliphatic rings. The average Bonchev–Trinajstić information content (AvgIpc) is 2.85. The zero-order chi connectivity index (χ0) is 13.4. The van der Waals surface area contributed by atoms with Crippen LogP contribution in [0.3, 0.4) is 0 Å². The molecule has 19 heavy (non-hydrogen) atoms. The van der Waals surface area contributed by atoms with Gasteiger partial charge in [0.2, 0.25) is 0 Å². The van der Waals surface area contributed by atoms with E-state index in [4.69, 9.17) is 0 Å². The van der Waals surface area contributed by atoms with Gasteiger partial charge in [-0.05, 0) is 48.1 Å². The van der Waals surface area contributed by atoms with Crippen LogP contribution >= 0.6 is 27.3 Å². The molecule has 2 aromatic carbocycles. The predicted molar refractivity (Wildman–Crippen MR) is 88.5 cm³/mol. The number of hydrogen-bond acceptors (Lipinski definition) is 1. The summed E-state index contributed by atoms with van der Waals surface area (Å²) < 4.78 is 1.35. The van der Waals surface area contributed by atoms with Crippen LogP contribution in [-0.2, 0) is 0 Å². The number of thiophene rings is 1. The smallest absolute Gasteiger partial charge is 0.0738 e. The molecule has 0 bridgehead atoms. The highest BCUT2D eigenvalue weighted by molar-refractivity contribution is 9.09. The maximum atomic E-state index is 3.84. The van der Waals surface area contributed by atoms with Gasteiger partial charge < -0.3 is 0 Å². The van der Waals surface area contributed by atoms with Crippen LogP contribution in [0.5, 0.6) is 0 Å². The molecule has 0 N–H and O–H groups in total. The molecule has 0 aliphatic heterocycles. The first-order chi connectivity index (χ1) is 9.15. The summed E-state index contributed by atoms with van der Waals surface area (Å²) in [5, 5.41) is 1.33. The number of fused-ring (bicyclic) bond motifs is 1. The molecule has 0 fully saturated rings. The number of benzene rings is 2. The lowest BCUT2D eigenvalue weighted by Gasteiger charge is -2.10. The van der Waals surface area contributed by atoms with E-state index in [0.29, 0.717) is 0 Å².